The predicted molar refractivity (Wildman–Crippen MR) is 69.9 cm³/mol. The summed E-state index contributed by atoms with van der Waals surface area (Å²) in [5.41, 5.74) is 0.782. The van der Waals surface area contributed by atoms with Crippen LogP contribution in [0.25, 0.3) is 0 Å². The summed E-state index contributed by atoms with van der Waals surface area (Å²) in [6.45, 7) is 1.66. The minimum atomic E-state index is -1.03. The van der Waals surface area contributed by atoms with Crippen molar-refractivity contribution in [3.8, 4) is 5.75 Å². The Bertz CT molecular complexity index is 651. The van der Waals surface area contributed by atoms with E-state index < -0.39 is 11.9 Å². The lowest BCUT2D eigenvalue weighted by atomic mass is 10.2. The van der Waals surface area contributed by atoms with Crippen molar-refractivity contribution < 1.29 is 19.8 Å². The number of thiophene rings is 1. The zero-order valence-corrected chi connectivity index (χ0v) is 10.7. The van der Waals surface area contributed by atoms with E-state index >= 15 is 0 Å². The summed E-state index contributed by atoms with van der Waals surface area (Å²) < 4.78 is 0. The maximum absolute atomic E-state index is 11.9. The van der Waals surface area contributed by atoms with Crippen LogP contribution in [-0.2, 0) is 0 Å². The summed E-state index contributed by atoms with van der Waals surface area (Å²) in [5.74, 6) is -1.59. The maximum atomic E-state index is 11.9. The Kier molecular flexibility index (Phi) is 3.48. The molecule has 0 spiro atoms. The predicted octanol–water partition coefficient (Wildman–Crippen LogP) is 2.11. The number of nitrogens with one attached hydrogen (secondary N) is 1. The lowest BCUT2D eigenvalue weighted by molar-refractivity contribution is 0.0701. The summed E-state index contributed by atoms with van der Waals surface area (Å²) in [5, 5.41) is 21.2. The molecule has 0 unspecified atom stereocenters. The Morgan fingerprint density at radius 1 is 1.32 bits per heavy atom. The second-order valence-electron chi connectivity index (χ2n) is 3.81. The van der Waals surface area contributed by atoms with Gasteiger partial charge >= 0.3 is 5.97 Å². The Morgan fingerprint density at radius 2 is 2.05 bits per heavy atom. The van der Waals surface area contributed by atoms with Crippen molar-refractivity contribution in [1.29, 1.82) is 0 Å². The van der Waals surface area contributed by atoms with Gasteiger partial charge in [-0.05, 0) is 24.6 Å². The number of carboxylic acid groups (broad SMARTS) is 1. The third-order valence-corrected chi connectivity index (χ3v) is 3.48. The summed E-state index contributed by atoms with van der Waals surface area (Å²) in [6, 6.07) is 2.86. The molecule has 1 amide bonds. The number of carbonyl (C=O) groups excluding carboxylic acids is 1. The van der Waals surface area contributed by atoms with Gasteiger partial charge < -0.3 is 15.5 Å². The fourth-order valence-corrected chi connectivity index (χ4v) is 2.40. The minimum absolute atomic E-state index is 0.110. The summed E-state index contributed by atoms with van der Waals surface area (Å²) >= 11 is 0.980. The number of hydrogen-bond donors (Lipinski definition) is 3. The molecule has 2 rings (SSSR count). The van der Waals surface area contributed by atoms with E-state index in [0.717, 1.165) is 11.3 Å². The normalized spacial score (nSPS) is 10.2. The molecule has 0 aliphatic rings. The Labute approximate surface area is 112 Å². The highest BCUT2D eigenvalue weighted by molar-refractivity contribution is 7.18. The number of aryl methyl sites for hydroxylation is 1. The van der Waals surface area contributed by atoms with Gasteiger partial charge in [-0.25, -0.2) is 4.79 Å². The van der Waals surface area contributed by atoms with Crippen LogP contribution < -0.4 is 5.32 Å². The van der Waals surface area contributed by atoms with Crippen molar-refractivity contribution in [2.75, 3.05) is 5.32 Å². The number of amides is 1. The lowest BCUT2D eigenvalue weighted by Crippen LogP contribution is -2.10. The molecule has 2 aromatic heterocycles. The van der Waals surface area contributed by atoms with E-state index in [9.17, 15) is 14.7 Å². The summed E-state index contributed by atoms with van der Waals surface area (Å²) in [4.78, 5) is 26.6. The minimum Gasteiger partial charge on any atom is -0.506 e. The van der Waals surface area contributed by atoms with E-state index in [0.29, 0.717) is 10.6 Å². The van der Waals surface area contributed by atoms with E-state index in [1.165, 1.54) is 18.5 Å². The highest BCUT2D eigenvalue weighted by Crippen LogP contribution is 2.27. The zero-order chi connectivity index (χ0) is 14.0. The number of nitrogens with zero attached hydrogens (tertiary/aromatic N) is 1. The average molecular weight is 278 g/mol. The van der Waals surface area contributed by atoms with Crippen LogP contribution in [0.2, 0.25) is 0 Å². The molecule has 98 valence electrons. The van der Waals surface area contributed by atoms with E-state index in [1.54, 1.807) is 13.0 Å². The van der Waals surface area contributed by atoms with Crippen LogP contribution in [-0.4, -0.2) is 27.1 Å². The van der Waals surface area contributed by atoms with E-state index in [-0.39, 0.29) is 16.2 Å². The highest BCUT2D eigenvalue weighted by atomic mass is 32.1. The Balaban J connectivity index is 2.20. The van der Waals surface area contributed by atoms with Gasteiger partial charge in [0.15, 0.2) is 0 Å². The molecule has 0 saturated carbocycles. The number of aromatic carboxylic acids is 1. The van der Waals surface area contributed by atoms with Gasteiger partial charge in [-0.3, -0.25) is 9.78 Å². The van der Waals surface area contributed by atoms with Crippen LogP contribution >= 0.6 is 11.3 Å². The molecule has 0 fully saturated rings. The van der Waals surface area contributed by atoms with Crippen molar-refractivity contribution in [3.63, 3.8) is 0 Å². The van der Waals surface area contributed by atoms with Crippen molar-refractivity contribution in [3.05, 3.63) is 40.5 Å². The number of aromatic hydroxyl groups is 1. The van der Waals surface area contributed by atoms with E-state index in [1.807, 2.05) is 0 Å². The molecule has 3 N–H and O–H groups in total. The van der Waals surface area contributed by atoms with Crippen LogP contribution in [0.15, 0.2) is 24.5 Å². The van der Waals surface area contributed by atoms with Crippen molar-refractivity contribution in [2.24, 2.45) is 0 Å². The smallest absolute Gasteiger partial charge is 0.346 e. The van der Waals surface area contributed by atoms with Gasteiger partial charge in [0.25, 0.3) is 5.91 Å². The Hall–Kier alpha value is -2.41. The third kappa shape index (κ3) is 2.89. The fraction of sp³-hybridized carbons (Fsp3) is 0.0833. The van der Waals surface area contributed by atoms with E-state index in [4.69, 9.17) is 5.11 Å². The van der Waals surface area contributed by atoms with Crippen LogP contribution in [0.5, 0.6) is 5.75 Å². The molecule has 2 aromatic rings. The molecule has 0 bridgehead atoms. The van der Waals surface area contributed by atoms with Crippen molar-refractivity contribution >= 4 is 28.2 Å². The molecule has 0 aromatic carbocycles. The molecule has 0 saturated heterocycles. The van der Waals surface area contributed by atoms with Crippen molar-refractivity contribution in [2.45, 2.75) is 6.92 Å². The van der Waals surface area contributed by atoms with Gasteiger partial charge in [0, 0.05) is 6.20 Å². The van der Waals surface area contributed by atoms with Gasteiger partial charge in [0.2, 0.25) is 0 Å². The first-order chi connectivity index (χ1) is 8.97. The molecule has 0 aliphatic carbocycles. The van der Waals surface area contributed by atoms with Crippen LogP contribution in [0.3, 0.4) is 0 Å². The molecule has 0 atom stereocenters. The van der Waals surface area contributed by atoms with E-state index in [2.05, 4.69) is 10.3 Å². The van der Waals surface area contributed by atoms with Crippen molar-refractivity contribution in [1.82, 2.24) is 4.98 Å². The summed E-state index contributed by atoms with van der Waals surface area (Å²) in [6.07, 6.45) is 2.53. The number of aromatic nitrogens is 1. The van der Waals surface area contributed by atoms with Gasteiger partial charge in [0.05, 0.1) is 16.8 Å². The molecule has 2 heterocycles. The second kappa shape index (κ2) is 5.07. The lowest BCUT2D eigenvalue weighted by Gasteiger charge is -2.02. The monoisotopic (exact) mass is 278 g/mol. The molecular weight excluding hydrogens is 268 g/mol. The number of rotatable bonds is 3. The Morgan fingerprint density at radius 3 is 2.63 bits per heavy atom. The average Bonchev–Trinajstić information content (AvgIpc) is 2.70. The second-order valence-corrected chi connectivity index (χ2v) is 4.87. The molecule has 0 radical (unpaired) electrons. The SMILES string of the molecule is Cc1cc(NC(=O)c2cncc(O)c2)sc1C(=O)O. The molecular formula is C12H10N2O4S. The highest BCUT2D eigenvalue weighted by Gasteiger charge is 2.14. The zero-order valence-electron chi connectivity index (χ0n) is 9.88. The largest absolute Gasteiger partial charge is 0.506 e. The van der Waals surface area contributed by atoms with Gasteiger partial charge in [0.1, 0.15) is 10.6 Å². The number of carboxylic acids is 1. The number of pyridine rings is 1. The molecule has 7 heteroatoms. The molecule has 0 aliphatic heterocycles. The first-order valence-electron chi connectivity index (χ1n) is 5.26. The number of carbonyl (C=O) groups is 2. The van der Waals surface area contributed by atoms with Crippen LogP contribution in [0.4, 0.5) is 5.00 Å². The maximum Gasteiger partial charge on any atom is 0.346 e. The molecule has 19 heavy (non-hydrogen) atoms. The first-order valence-corrected chi connectivity index (χ1v) is 6.08. The van der Waals surface area contributed by atoms with Gasteiger partial charge in [-0.2, -0.15) is 0 Å². The van der Waals surface area contributed by atoms with Gasteiger partial charge in [-0.15, -0.1) is 11.3 Å². The fourth-order valence-electron chi connectivity index (χ4n) is 1.49. The standard InChI is InChI=1S/C12H10N2O4S/c1-6-2-9(19-10(6)12(17)18)14-11(16)7-3-8(15)5-13-4-7/h2-5,15H,1H3,(H,14,16)(H,17,18). The number of anilines is 1. The van der Waals surface area contributed by atoms with Gasteiger partial charge in [-0.1, -0.05) is 0 Å². The molecule has 6 nitrogen and oxygen atoms in total. The summed E-state index contributed by atoms with van der Waals surface area (Å²) in [7, 11) is 0. The topological polar surface area (TPSA) is 99.5 Å². The third-order valence-electron chi connectivity index (χ3n) is 2.33. The van der Waals surface area contributed by atoms with Crippen LogP contribution in [0, 0.1) is 6.92 Å². The van der Waals surface area contributed by atoms with Crippen LogP contribution in [0.1, 0.15) is 25.6 Å². The first kappa shape index (κ1) is 13.0. The quantitative estimate of drug-likeness (QED) is 0.798. The number of hydrogen-bond acceptors (Lipinski definition) is 5.